The van der Waals surface area contributed by atoms with Gasteiger partial charge in [0.15, 0.2) is 0 Å². The SMILES string of the molecule is Cc1cccc(Oc2cccc(Cl)c2C#N)c1C. The van der Waals surface area contributed by atoms with Crippen LogP contribution < -0.4 is 4.74 Å². The van der Waals surface area contributed by atoms with Crippen molar-refractivity contribution in [3.63, 3.8) is 0 Å². The lowest BCUT2D eigenvalue weighted by atomic mass is 10.1. The quantitative estimate of drug-likeness (QED) is 0.786. The molecule has 2 aromatic rings. The molecule has 0 N–H and O–H groups in total. The van der Waals surface area contributed by atoms with Gasteiger partial charge in [0.25, 0.3) is 0 Å². The number of rotatable bonds is 2. The van der Waals surface area contributed by atoms with E-state index in [1.165, 1.54) is 0 Å². The first-order chi connectivity index (χ1) is 8.63. The Kier molecular flexibility index (Phi) is 3.55. The van der Waals surface area contributed by atoms with Gasteiger partial charge in [-0.3, -0.25) is 0 Å². The molecule has 0 saturated carbocycles. The van der Waals surface area contributed by atoms with E-state index in [9.17, 15) is 0 Å². The predicted octanol–water partition coefficient (Wildman–Crippen LogP) is 4.62. The summed E-state index contributed by atoms with van der Waals surface area (Å²) in [5, 5.41) is 9.49. The highest BCUT2D eigenvalue weighted by Crippen LogP contribution is 2.32. The van der Waals surface area contributed by atoms with Gasteiger partial charge in [0.2, 0.25) is 0 Å². The van der Waals surface area contributed by atoms with E-state index in [1.54, 1.807) is 18.2 Å². The fourth-order valence-electron chi connectivity index (χ4n) is 1.65. The van der Waals surface area contributed by atoms with Crippen molar-refractivity contribution in [1.29, 1.82) is 5.26 Å². The van der Waals surface area contributed by atoms with Gasteiger partial charge in [-0.1, -0.05) is 29.8 Å². The molecule has 3 heteroatoms. The second kappa shape index (κ2) is 5.12. The van der Waals surface area contributed by atoms with Crippen molar-refractivity contribution >= 4 is 11.6 Å². The molecule has 0 radical (unpaired) electrons. The maximum absolute atomic E-state index is 9.09. The molecule has 90 valence electrons. The summed E-state index contributed by atoms with van der Waals surface area (Å²) in [5.74, 6) is 1.23. The maximum atomic E-state index is 9.09. The highest BCUT2D eigenvalue weighted by atomic mass is 35.5. The third kappa shape index (κ3) is 2.32. The molecule has 0 amide bonds. The Bertz CT molecular complexity index is 629. The first kappa shape index (κ1) is 12.5. The number of hydrogen-bond donors (Lipinski definition) is 0. The molecule has 0 saturated heterocycles. The fourth-order valence-corrected chi connectivity index (χ4v) is 1.86. The largest absolute Gasteiger partial charge is 0.456 e. The first-order valence-electron chi connectivity index (χ1n) is 5.56. The number of benzene rings is 2. The third-order valence-corrected chi connectivity index (χ3v) is 3.18. The molecule has 0 aliphatic carbocycles. The monoisotopic (exact) mass is 257 g/mol. The van der Waals surface area contributed by atoms with E-state index in [0.29, 0.717) is 16.3 Å². The van der Waals surface area contributed by atoms with Crippen molar-refractivity contribution in [2.24, 2.45) is 0 Å². The third-order valence-electron chi connectivity index (χ3n) is 2.86. The second-order valence-electron chi connectivity index (χ2n) is 4.02. The average molecular weight is 258 g/mol. The van der Waals surface area contributed by atoms with Crippen LogP contribution >= 0.6 is 11.6 Å². The molecule has 0 heterocycles. The molecular formula is C15H12ClNO. The van der Waals surface area contributed by atoms with Crippen LogP contribution in [0.4, 0.5) is 0 Å². The van der Waals surface area contributed by atoms with Crippen LogP contribution in [0.25, 0.3) is 0 Å². The number of nitriles is 1. The van der Waals surface area contributed by atoms with Crippen LogP contribution in [0.15, 0.2) is 36.4 Å². The van der Waals surface area contributed by atoms with Gasteiger partial charge in [0.1, 0.15) is 23.1 Å². The molecule has 2 nitrogen and oxygen atoms in total. The molecule has 2 aromatic carbocycles. The van der Waals surface area contributed by atoms with Gasteiger partial charge >= 0.3 is 0 Å². The standard InChI is InChI=1S/C15H12ClNO/c1-10-5-3-7-14(11(10)2)18-15-8-4-6-13(16)12(15)9-17/h3-8H,1-2H3. The van der Waals surface area contributed by atoms with Crippen LogP contribution in [0, 0.1) is 25.2 Å². The van der Waals surface area contributed by atoms with Crippen LogP contribution in [-0.4, -0.2) is 0 Å². The van der Waals surface area contributed by atoms with Crippen LogP contribution in [0.5, 0.6) is 11.5 Å². The van der Waals surface area contributed by atoms with Crippen LogP contribution in [-0.2, 0) is 0 Å². The van der Waals surface area contributed by atoms with Gasteiger partial charge in [0.05, 0.1) is 5.02 Å². The summed E-state index contributed by atoms with van der Waals surface area (Å²) in [6, 6.07) is 13.1. The van der Waals surface area contributed by atoms with E-state index >= 15 is 0 Å². The highest BCUT2D eigenvalue weighted by molar-refractivity contribution is 6.31. The van der Waals surface area contributed by atoms with E-state index in [2.05, 4.69) is 6.07 Å². The lowest BCUT2D eigenvalue weighted by Gasteiger charge is -2.11. The average Bonchev–Trinajstić information content (AvgIpc) is 2.35. The van der Waals surface area contributed by atoms with Gasteiger partial charge in [-0.25, -0.2) is 0 Å². The molecule has 0 aliphatic heterocycles. The van der Waals surface area contributed by atoms with Gasteiger partial charge < -0.3 is 4.74 Å². The lowest BCUT2D eigenvalue weighted by molar-refractivity contribution is 0.477. The molecule has 0 aliphatic rings. The lowest BCUT2D eigenvalue weighted by Crippen LogP contribution is -1.92. The maximum Gasteiger partial charge on any atom is 0.146 e. The summed E-state index contributed by atoms with van der Waals surface area (Å²) < 4.78 is 5.79. The number of nitrogens with zero attached hydrogens (tertiary/aromatic N) is 1. The normalized spacial score (nSPS) is 9.89. The summed E-state index contributed by atoms with van der Waals surface area (Å²) in [6.07, 6.45) is 0. The molecule has 0 unspecified atom stereocenters. The fraction of sp³-hybridized carbons (Fsp3) is 0.133. The van der Waals surface area contributed by atoms with Gasteiger partial charge in [-0.15, -0.1) is 0 Å². The second-order valence-corrected chi connectivity index (χ2v) is 4.43. The minimum absolute atomic E-state index is 0.361. The zero-order valence-corrected chi connectivity index (χ0v) is 11.0. The van der Waals surface area contributed by atoms with Gasteiger partial charge in [-0.05, 0) is 43.2 Å². The van der Waals surface area contributed by atoms with Crippen LogP contribution in [0.3, 0.4) is 0 Å². The van der Waals surface area contributed by atoms with Crippen molar-refractivity contribution < 1.29 is 4.74 Å². The van der Waals surface area contributed by atoms with E-state index in [4.69, 9.17) is 21.6 Å². The first-order valence-corrected chi connectivity index (χ1v) is 5.94. The van der Waals surface area contributed by atoms with E-state index in [-0.39, 0.29) is 0 Å². The summed E-state index contributed by atoms with van der Waals surface area (Å²) in [5.41, 5.74) is 2.56. The zero-order chi connectivity index (χ0) is 13.1. The Morgan fingerprint density at radius 1 is 1.06 bits per heavy atom. The van der Waals surface area contributed by atoms with Gasteiger partial charge in [0, 0.05) is 0 Å². The number of ether oxygens (including phenoxy) is 1. The minimum atomic E-state index is 0.361. The number of hydrogen-bond acceptors (Lipinski definition) is 2. The summed E-state index contributed by atoms with van der Waals surface area (Å²) in [7, 11) is 0. The Hall–Kier alpha value is -1.98. The van der Waals surface area contributed by atoms with Gasteiger partial charge in [-0.2, -0.15) is 5.26 Å². The molecule has 0 bridgehead atoms. The summed E-state index contributed by atoms with van der Waals surface area (Å²) >= 11 is 5.96. The highest BCUT2D eigenvalue weighted by Gasteiger charge is 2.10. The summed E-state index contributed by atoms with van der Waals surface area (Å²) in [4.78, 5) is 0. The number of halogens is 1. The predicted molar refractivity (Wildman–Crippen MR) is 72.2 cm³/mol. The molecule has 0 spiro atoms. The van der Waals surface area contributed by atoms with Crippen molar-refractivity contribution in [2.45, 2.75) is 13.8 Å². The Balaban J connectivity index is 2.44. The molecule has 18 heavy (non-hydrogen) atoms. The molecule has 0 atom stereocenters. The van der Waals surface area contributed by atoms with E-state index < -0.39 is 0 Å². The van der Waals surface area contributed by atoms with E-state index in [0.717, 1.165) is 16.9 Å². The minimum Gasteiger partial charge on any atom is -0.456 e. The molecular weight excluding hydrogens is 246 g/mol. The van der Waals surface area contributed by atoms with Crippen molar-refractivity contribution in [3.8, 4) is 17.6 Å². The Morgan fingerprint density at radius 2 is 1.72 bits per heavy atom. The Morgan fingerprint density at radius 3 is 2.44 bits per heavy atom. The van der Waals surface area contributed by atoms with Crippen molar-refractivity contribution in [2.75, 3.05) is 0 Å². The zero-order valence-electron chi connectivity index (χ0n) is 10.2. The van der Waals surface area contributed by atoms with E-state index in [1.807, 2.05) is 32.0 Å². The number of aryl methyl sites for hydroxylation is 1. The molecule has 2 rings (SSSR count). The smallest absolute Gasteiger partial charge is 0.146 e. The molecule has 0 fully saturated rings. The van der Waals surface area contributed by atoms with Crippen molar-refractivity contribution in [3.05, 3.63) is 58.1 Å². The summed E-state index contributed by atoms with van der Waals surface area (Å²) in [6.45, 7) is 4.01. The topological polar surface area (TPSA) is 33.0 Å². The van der Waals surface area contributed by atoms with Crippen LogP contribution in [0.1, 0.15) is 16.7 Å². The van der Waals surface area contributed by atoms with Crippen LogP contribution in [0.2, 0.25) is 5.02 Å². The molecule has 0 aromatic heterocycles. The van der Waals surface area contributed by atoms with Crippen molar-refractivity contribution in [1.82, 2.24) is 0 Å². The Labute approximate surface area is 111 Å².